The van der Waals surface area contributed by atoms with Crippen molar-refractivity contribution in [3.05, 3.63) is 35.0 Å². The first kappa shape index (κ1) is 19.7. The van der Waals surface area contributed by atoms with Crippen LogP contribution in [0.4, 0.5) is 11.5 Å². The fourth-order valence-electron chi connectivity index (χ4n) is 5.78. The Labute approximate surface area is 198 Å². The molecule has 3 aromatic heterocycles. The van der Waals surface area contributed by atoms with Crippen molar-refractivity contribution in [1.82, 2.24) is 29.4 Å². The molecule has 0 saturated carbocycles. The van der Waals surface area contributed by atoms with Gasteiger partial charge in [-0.3, -0.25) is 9.69 Å². The van der Waals surface area contributed by atoms with Gasteiger partial charge in [0, 0.05) is 41.7 Å². The molecule has 2 saturated heterocycles. The van der Waals surface area contributed by atoms with E-state index in [0.717, 1.165) is 70.7 Å². The summed E-state index contributed by atoms with van der Waals surface area (Å²) in [5.74, 6) is 1.27. The van der Waals surface area contributed by atoms with Crippen molar-refractivity contribution in [3.8, 4) is 0 Å². The quantitative estimate of drug-likeness (QED) is 0.484. The van der Waals surface area contributed by atoms with Gasteiger partial charge in [0.05, 0.1) is 10.1 Å². The van der Waals surface area contributed by atoms with Crippen molar-refractivity contribution in [3.63, 3.8) is 0 Å². The second-order valence-corrected chi connectivity index (χ2v) is 11.3. The van der Waals surface area contributed by atoms with Crippen molar-refractivity contribution in [1.29, 1.82) is 0 Å². The van der Waals surface area contributed by atoms with E-state index >= 15 is 0 Å². The number of anilines is 2. The zero-order valence-electron chi connectivity index (χ0n) is 18.2. The van der Waals surface area contributed by atoms with Crippen LogP contribution in [0.2, 0.25) is 0 Å². The highest BCUT2D eigenvalue weighted by Gasteiger charge is 2.45. The SMILES string of the molecule is CN1C[C@@H]2C[C@H]1CN2C(=O)[C@H]1CCc2c(sc3ncnc(Nc4ccc5nnsc5c4)c23)C1. The first-order chi connectivity index (χ1) is 16.1. The molecular weight excluding hydrogens is 454 g/mol. The summed E-state index contributed by atoms with van der Waals surface area (Å²) in [6.45, 7) is 1.92. The van der Waals surface area contributed by atoms with Gasteiger partial charge in [0.1, 0.15) is 22.5 Å². The number of amides is 1. The highest BCUT2D eigenvalue weighted by molar-refractivity contribution is 7.19. The fraction of sp³-hybridized carbons (Fsp3) is 0.435. The van der Waals surface area contributed by atoms with Crippen molar-refractivity contribution >= 4 is 60.7 Å². The Kier molecular flexibility index (Phi) is 4.43. The number of nitrogens with one attached hydrogen (secondary N) is 1. The molecule has 3 atom stereocenters. The topological polar surface area (TPSA) is 87.1 Å². The maximum atomic E-state index is 13.4. The van der Waals surface area contributed by atoms with Gasteiger partial charge >= 0.3 is 0 Å². The van der Waals surface area contributed by atoms with E-state index in [2.05, 4.69) is 47.8 Å². The van der Waals surface area contributed by atoms with Crippen LogP contribution in [0.15, 0.2) is 24.5 Å². The largest absolute Gasteiger partial charge is 0.340 e. The molecule has 0 unspecified atom stereocenters. The summed E-state index contributed by atoms with van der Waals surface area (Å²) in [6, 6.07) is 6.99. The molecule has 2 aliphatic heterocycles. The van der Waals surface area contributed by atoms with E-state index in [4.69, 9.17) is 0 Å². The minimum absolute atomic E-state index is 0.0841. The minimum atomic E-state index is 0.0841. The lowest BCUT2D eigenvalue weighted by molar-refractivity contribution is -0.138. The number of hydrogen-bond donors (Lipinski definition) is 1. The summed E-state index contributed by atoms with van der Waals surface area (Å²) in [5, 5.41) is 8.71. The zero-order valence-corrected chi connectivity index (χ0v) is 19.8. The number of aryl methyl sites for hydroxylation is 1. The molecule has 1 amide bonds. The molecule has 8 nitrogen and oxygen atoms in total. The monoisotopic (exact) mass is 477 g/mol. The summed E-state index contributed by atoms with van der Waals surface area (Å²) in [7, 11) is 2.18. The Morgan fingerprint density at radius 1 is 1.21 bits per heavy atom. The van der Waals surface area contributed by atoms with Gasteiger partial charge < -0.3 is 10.2 Å². The first-order valence-corrected chi connectivity index (χ1v) is 13.0. The number of likely N-dealkylation sites (N-methyl/N-ethyl adjacent to an activating group) is 1. The molecular formula is C23H23N7OS2. The highest BCUT2D eigenvalue weighted by atomic mass is 32.1. The summed E-state index contributed by atoms with van der Waals surface area (Å²) in [6.07, 6.45) is 5.37. The molecule has 3 aliphatic rings. The molecule has 1 aliphatic carbocycles. The number of likely N-dealkylation sites (tertiary alicyclic amines) is 2. The number of aromatic nitrogens is 4. The Morgan fingerprint density at radius 3 is 3.00 bits per heavy atom. The average Bonchev–Trinajstić information content (AvgIpc) is 3.59. The number of hydrogen-bond acceptors (Lipinski definition) is 9. The standard InChI is InChI=1S/C23H23N7OS2/c1-29-9-15-8-14(29)10-30(15)23(31)12-2-4-16-18(6-12)32-22-20(16)21(24-11-25-22)26-13-3-5-17-19(7-13)33-28-27-17/h3,5,7,11-12,14-15H,2,4,6,8-10H2,1H3,(H,24,25,26)/t12-,14-,15-/m0/s1. The van der Waals surface area contributed by atoms with E-state index in [1.165, 1.54) is 22.0 Å². The zero-order chi connectivity index (χ0) is 22.1. The predicted octanol–water partition coefficient (Wildman–Crippen LogP) is 3.46. The van der Waals surface area contributed by atoms with E-state index in [1.807, 2.05) is 12.1 Å². The van der Waals surface area contributed by atoms with Crippen molar-refractivity contribution in [2.75, 3.05) is 25.5 Å². The van der Waals surface area contributed by atoms with Crippen LogP contribution in [0.5, 0.6) is 0 Å². The van der Waals surface area contributed by atoms with Gasteiger partial charge in [0.25, 0.3) is 0 Å². The number of fused-ring (bicyclic) bond motifs is 6. The fourth-order valence-corrected chi connectivity index (χ4v) is 7.64. The smallest absolute Gasteiger partial charge is 0.226 e. The van der Waals surface area contributed by atoms with Gasteiger partial charge in [0.15, 0.2) is 0 Å². The Morgan fingerprint density at radius 2 is 2.15 bits per heavy atom. The second-order valence-electron chi connectivity index (χ2n) is 9.40. The normalized spacial score (nSPS) is 24.6. The van der Waals surface area contributed by atoms with Crippen LogP contribution < -0.4 is 5.32 Å². The Hall–Kier alpha value is -2.69. The van der Waals surface area contributed by atoms with E-state index in [9.17, 15) is 4.79 Å². The van der Waals surface area contributed by atoms with Crippen molar-refractivity contribution in [2.45, 2.75) is 37.8 Å². The summed E-state index contributed by atoms with van der Waals surface area (Å²) < 4.78 is 5.06. The number of carbonyl (C=O) groups is 1. The van der Waals surface area contributed by atoms with Crippen LogP contribution >= 0.6 is 22.9 Å². The van der Waals surface area contributed by atoms with Crippen molar-refractivity contribution in [2.24, 2.45) is 5.92 Å². The molecule has 4 aromatic rings. The summed E-state index contributed by atoms with van der Waals surface area (Å²) in [4.78, 5) is 29.4. The molecule has 1 aromatic carbocycles. The highest BCUT2D eigenvalue weighted by Crippen LogP contribution is 2.42. The van der Waals surface area contributed by atoms with E-state index in [1.54, 1.807) is 17.7 Å². The molecule has 1 N–H and O–H groups in total. The number of carbonyl (C=O) groups excluding carboxylic acids is 1. The Bertz CT molecular complexity index is 1400. The average molecular weight is 478 g/mol. The molecule has 33 heavy (non-hydrogen) atoms. The van der Waals surface area contributed by atoms with Gasteiger partial charge in [0.2, 0.25) is 5.91 Å². The van der Waals surface area contributed by atoms with E-state index in [0.29, 0.717) is 18.0 Å². The molecule has 2 bridgehead atoms. The molecule has 0 radical (unpaired) electrons. The van der Waals surface area contributed by atoms with Gasteiger partial charge in [-0.25, -0.2) is 9.97 Å². The van der Waals surface area contributed by atoms with Crippen LogP contribution in [0.25, 0.3) is 20.4 Å². The number of rotatable bonds is 3. The molecule has 7 rings (SSSR count). The molecule has 168 valence electrons. The van der Waals surface area contributed by atoms with E-state index in [-0.39, 0.29) is 5.92 Å². The van der Waals surface area contributed by atoms with Gasteiger partial charge in [-0.1, -0.05) is 4.49 Å². The summed E-state index contributed by atoms with van der Waals surface area (Å²) >= 11 is 3.11. The third kappa shape index (κ3) is 3.15. The second kappa shape index (κ2) is 7.41. The molecule has 5 heterocycles. The number of piperazine rings is 1. The first-order valence-electron chi connectivity index (χ1n) is 11.4. The van der Waals surface area contributed by atoms with Gasteiger partial charge in [-0.2, -0.15) is 0 Å². The number of thiophene rings is 1. The lowest BCUT2D eigenvalue weighted by Gasteiger charge is -2.35. The molecule has 0 spiro atoms. The minimum Gasteiger partial charge on any atom is -0.340 e. The van der Waals surface area contributed by atoms with Crippen LogP contribution in [0.3, 0.4) is 0 Å². The number of nitrogens with zero attached hydrogens (tertiary/aromatic N) is 6. The van der Waals surface area contributed by atoms with Crippen LogP contribution in [-0.2, 0) is 17.6 Å². The number of benzene rings is 1. The molecule has 2 fully saturated rings. The maximum Gasteiger partial charge on any atom is 0.226 e. The maximum absolute atomic E-state index is 13.4. The van der Waals surface area contributed by atoms with Crippen molar-refractivity contribution < 1.29 is 4.79 Å². The Balaban J connectivity index is 1.17. The summed E-state index contributed by atoms with van der Waals surface area (Å²) in [5.41, 5.74) is 3.18. The lowest BCUT2D eigenvalue weighted by Crippen LogP contribution is -2.49. The molecule has 10 heteroatoms. The third-order valence-electron chi connectivity index (χ3n) is 7.50. The lowest BCUT2D eigenvalue weighted by atomic mass is 9.86. The van der Waals surface area contributed by atoms with Gasteiger partial charge in [-0.05, 0) is 68.0 Å². The predicted molar refractivity (Wildman–Crippen MR) is 130 cm³/mol. The van der Waals surface area contributed by atoms with Gasteiger partial charge in [-0.15, -0.1) is 16.4 Å². The van der Waals surface area contributed by atoms with Crippen LogP contribution in [0.1, 0.15) is 23.3 Å². The van der Waals surface area contributed by atoms with Crippen LogP contribution in [0, 0.1) is 5.92 Å². The van der Waals surface area contributed by atoms with E-state index < -0.39 is 0 Å². The van der Waals surface area contributed by atoms with Crippen LogP contribution in [-0.4, -0.2) is 67.5 Å². The third-order valence-corrected chi connectivity index (χ3v) is 9.35.